The second-order valence-electron chi connectivity index (χ2n) is 2.90. The van der Waals surface area contributed by atoms with Crippen LogP contribution in [0.15, 0.2) is 11.8 Å². The Kier molecular flexibility index (Phi) is 5.94. The molecule has 0 aromatic rings. The monoisotopic (exact) mass is 156 g/mol. The van der Waals surface area contributed by atoms with Gasteiger partial charge < -0.3 is 10.2 Å². The molecule has 0 radical (unpaired) electrons. The smallest absolute Gasteiger partial charge is 0.0271 e. The Morgan fingerprint density at radius 1 is 1.45 bits per heavy atom. The van der Waals surface area contributed by atoms with Crippen molar-refractivity contribution in [3.8, 4) is 0 Å². The molecule has 0 saturated carbocycles. The quantitative estimate of drug-likeness (QED) is 0.648. The van der Waals surface area contributed by atoms with Gasteiger partial charge in [-0.1, -0.05) is 13.0 Å². The molecule has 2 nitrogen and oxygen atoms in total. The zero-order valence-corrected chi connectivity index (χ0v) is 8.15. The summed E-state index contributed by atoms with van der Waals surface area (Å²) < 4.78 is 0. The minimum atomic E-state index is 1.04. The molecule has 0 atom stereocenters. The molecule has 0 unspecified atom stereocenters. The Morgan fingerprint density at radius 3 is 2.45 bits per heavy atom. The fraction of sp³-hybridized carbons (Fsp3) is 0.778. The molecule has 0 aromatic carbocycles. The van der Waals surface area contributed by atoms with Gasteiger partial charge in [0.05, 0.1) is 0 Å². The predicted molar refractivity (Wildman–Crippen MR) is 50.6 cm³/mol. The van der Waals surface area contributed by atoms with Crippen molar-refractivity contribution in [1.82, 2.24) is 10.2 Å². The lowest BCUT2D eigenvalue weighted by Crippen LogP contribution is -2.25. The first kappa shape index (κ1) is 10.5. The molecule has 1 N–H and O–H groups in total. The van der Waals surface area contributed by atoms with Crippen LogP contribution in [0.2, 0.25) is 0 Å². The Balaban J connectivity index is 3.37. The summed E-state index contributed by atoms with van der Waals surface area (Å²) in [6.07, 6.45) is 3.24. The molecular weight excluding hydrogens is 136 g/mol. The standard InChI is InChI=1S/C9H20N2/c1-5-9(6-2)10-7-8-11(3)4/h5,10H,6-8H2,1-4H3/b9-5+. The number of allylic oxidation sites excluding steroid dienone is 2. The van der Waals surface area contributed by atoms with Gasteiger partial charge >= 0.3 is 0 Å². The van der Waals surface area contributed by atoms with Crippen LogP contribution in [-0.4, -0.2) is 32.1 Å². The molecule has 0 spiro atoms. The Morgan fingerprint density at radius 2 is 2.09 bits per heavy atom. The van der Waals surface area contributed by atoms with Gasteiger partial charge in [0.2, 0.25) is 0 Å². The molecule has 0 rings (SSSR count). The van der Waals surface area contributed by atoms with Crippen molar-refractivity contribution >= 4 is 0 Å². The zero-order valence-electron chi connectivity index (χ0n) is 8.15. The number of hydrogen-bond donors (Lipinski definition) is 1. The maximum atomic E-state index is 3.37. The first-order valence-electron chi connectivity index (χ1n) is 4.24. The van der Waals surface area contributed by atoms with E-state index in [-0.39, 0.29) is 0 Å². The van der Waals surface area contributed by atoms with Gasteiger partial charge in [-0.25, -0.2) is 0 Å². The summed E-state index contributed by atoms with van der Waals surface area (Å²) in [7, 11) is 4.17. The van der Waals surface area contributed by atoms with Gasteiger partial charge in [0.1, 0.15) is 0 Å². The summed E-state index contributed by atoms with van der Waals surface area (Å²) in [5.74, 6) is 0. The van der Waals surface area contributed by atoms with Crippen LogP contribution in [0.3, 0.4) is 0 Å². The zero-order chi connectivity index (χ0) is 8.69. The second-order valence-corrected chi connectivity index (χ2v) is 2.90. The minimum Gasteiger partial charge on any atom is -0.387 e. The molecule has 0 aromatic heterocycles. The van der Waals surface area contributed by atoms with Crippen LogP contribution >= 0.6 is 0 Å². The van der Waals surface area contributed by atoms with E-state index in [0.717, 1.165) is 19.5 Å². The summed E-state index contributed by atoms with van der Waals surface area (Å²) >= 11 is 0. The highest BCUT2D eigenvalue weighted by Gasteiger charge is 1.91. The van der Waals surface area contributed by atoms with Gasteiger partial charge in [0.15, 0.2) is 0 Å². The van der Waals surface area contributed by atoms with Gasteiger partial charge in [0.25, 0.3) is 0 Å². The number of hydrogen-bond acceptors (Lipinski definition) is 2. The third-order valence-corrected chi connectivity index (χ3v) is 1.64. The summed E-state index contributed by atoms with van der Waals surface area (Å²) in [6, 6.07) is 0. The molecule has 2 heteroatoms. The highest BCUT2D eigenvalue weighted by molar-refractivity contribution is 4.95. The summed E-state index contributed by atoms with van der Waals surface area (Å²) in [5.41, 5.74) is 1.34. The van der Waals surface area contributed by atoms with Crippen molar-refractivity contribution in [3.63, 3.8) is 0 Å². The highest BCUT2D eigenvalue weighted by Crippen LogP contribution is 1.92. The number of likely N-dealkylation sites (N-methyl/N-ethyl adjacent to an activating group) is 1. The average Bonchev–Trinajstić information content (AvgIpc) is 1.98. The molecule has 0 bridgehead atoms. The largest absolute Gasteiger partial charge is 0.387 e. The normalized spacial score (nSPS) is 12.3. The van der Waals surface area contributed by atoms with E-state index in [1.165, 1.54) is 5.70 Å². The molecule has 66 valence electrons. The van der Waals surface area contributed by atoms with Crippen LogP contribution in [0.5, 0.6) is 0 Å². The predicted octanol–water partition coefficient (Wildman–Crippen LogP) is 1.45. The van der Waals surface area contributed by atoms with E-state index < -0.39 is 0 Å². The second kappa shape index (κ2) is 6.23. The van der Waals surface area contributed by atoms with Crippen LogP contribution in [0, 0.1) is 0 Å². The Labute approximate surface area is 70.3 Å². The lowest BCUT2D eigenvalue weighted by Gasteiger charge is -2.12. The van der Waals surface area contributed by atoms with E-state index in [4.69, 9.17) is 0 Å². The molecule has 0 aliphatic carbocycles. The molecule has 0 aliphatic rings. The van der Waals surface area contributed by atoms with Crippen molar-refractivity contribution in [1.29, 1.82) is 0 Å². The highest BCUT2D eigenvalue weighted by atomic mass is 15.1. The Hall–Kier alpha value is -0.500. The lowest BCUT2D eigenvalue weighted by atomic mass is 10.3. The van der Waals surface area contributed by atoms with Gasteiger partial charge in [0, 0.05) is 18.8 Å². The summed E-state index contributed by atoms with van der Waals surface area (Å²) in [5, 5.41) is 3.37. The summed E-state index contributed by atoms with van der Waals surface area (Å²) in [6.45, 7) is 6.37. The van der Waals surface area contributed by atoms with Gasteiger partial charge in [-0.3, -0.25) is 0 Å². The molecule has 0 saturated heterocycles. The van der Waals surface area contributed by atoms with E-state index in [9.17, 15) is 0 Å². The Bertz CT molecular complexity index is 117. The van der Waals surface area contributed by atoms with Crippen LogP contribution in [0.25, 0.3) is 0 Å². The number of nitrogens with zero attached hydrogens (tertiary/aromatic N) is 1. The van der Waals surface area contributed by atoms with Crippen molar-refractivity contribution in [2.45, 2.75) is 20.3 Å². The van der Waals surface area contributed by atoms with Crippen molar-refractivity contribution < 1.29 is 0 Å². The molecule has 0 amide bonds. The fourth-order valence-corrected chi connectivity index (χ4v) is 0.871. The van der Waals surface area contributed by atoms with E-state index in [2.05, 4.69) is 44.2 Å². The lowest BCUT2D eigenvalue weighted by molar-refractivity contribution is 0.407. The van der Waals surface area contributed by atoms with Crippen molar-refractivity contribution in [3.05, 3.63) is 11.8 Å². The van der Waals surface area contributed by atoms with Crippen LogP contribution in [0.4, 0.5) is 0 Å². The maximum Gasteiger partial charge on any atom is 0.0271 e. The van der Waals surface area contributed by atoms with E-state index in [1.54, 1.807) is 0 Å². The van der Waals surface area contributed by atoms with Crippen LogP contribution < -0.4 is 5.32 Å². The molecular formula is C9H20N2. The van der Waals surface area contributed by atoms with E-state index in [0.29, 0.717) is 0 Å². The van der Waals surface area contributed by atoms with Crippen molar-refractivity contribution in [2.24, 2.45) is 0 Å². The molecule has 0 fully saturated rings. The average molecular weight is 156 g/mol. The first-order chi connectivity index (χ1) is 5.20. The van der Waals surface area contributed by atoms with Crippen molar-refractivity contribution in [2.75, 3.05) is 27.2 Å². The molecule has 11 heavy (non-hydrogen) atoms. The van der Waals surface area contributed by atoms with E-state index in [1.807, 2.05) is 0 Å². The van der Waals surface area contributed by atoms with Gasteiger partial charge in [-0.15, -0.1) is 0 Å². The molecule has 0 heterocycles. The van der Waals surface area contributed by atoms with Gasteiger partial charge in [-0.2, -0.15) is 0 Å². The maximum absolute atomic E-state index is 3.37. The third-order valence-electron chi connectivity index (χ3n) is 1.64. The van der Waals surface area contributed by atoms with Crippen LogP contribution in [0.1, 0.15) is 20.3 Å². The van der Waals surface area contributed by atoms with Gasteiger partial charge in [-0.05, 0) is 27.4 Å². The number of nitrogens with one attached hydrogen (secondary N) is 1. The topological polar surface area (TPSA) is 15.3 Å². The van der Waals surface area contributed by atoms with Crippen LogP contribution in [-0.2, 0) is 0 Å². The third kappa shape index (κ3) is 5.92. The minimum absolute atomic E-state index is 1.04. The SMILES string of the molecule is C/C=C(\CC)NCCN(C)C. The first-order valence-corrected chi connectivity index (χ1v) is 4.24. The fourth-order valence-electron chi connectivity index (χ4n) is 0.871. The number of rotatable bonds is 5. The summed E-state index contributed by atoms with van der Waals surface area (Å²) in [4.78, 5) is 2.18. The molecule has 0 aliphatic heterocycles. The van der Waals surface area contributed by atoms with E-state index >= 15 is 0 Å².